The van der Waals surface area contributed by atoms with Gasteiger partial charge in [-0.25, -0.2) is 12.4 Å². The zero-order valence-corrected chi connectivity index (χ0v) is 19.0. The van der Waals surface area contributed by atoms with E-state index in [0.717, 1.165) is 16.3 Å². The van der Waals surface area contributed by atoms with E-state index in [9.17, 15) is 8.42 Å². The Kier molecular flexibility index (Phi) is 5.24. The maximum Gasteiger partial charge on any atom is 0.267 e. The highest BCUT2D eigenvalue weighted by molar-refractivity contribution is 7.90. The molecule has 0 aliphatic rings. The molecule has 2 aromatic rings. The Balaban J connectivity index is 2.61. The molecule has 0 spiro atoms. The summed E-state index contributed by atoms with van der Waals surface area (Å²) in [6.07, 6.45) is 3.46. The predicted molar refractivity (Wildman–Crippen MR) is 111 cm³/mol. The number of aryl methyl sites for hydroxylation is 1. The minimum atomic E-state index is -3.59. The number of rotatable bonds is 3. The van der Waals surface area contributed by atoms with E-state index < -0.39 is 26.2 Å². The van der Waals surface area contributed by atoms with E-state index in [1.807, 2.05) is 19.1 Å². The lowest BCUT2D eigenvalue weighted by atomic mass is 10.2. The van der Waals surface area contributed by atoms with Crippen molar-refractivity contribution in [2.45, 2.75) is 51.1 Å². The van der Waals surface area contributed by atoms with Gasteiger partial charge in [-0.3, -0.25) is 0 Å². The van der Waals surface area contributed by atoms with Gasteiger partial charge in [0.1, 0.15) is 8.07 Å². The van der Waals surface area contributed by atoms with Crippen LogP contribution in [0.4, 0.5) is 0 Å². The van der Waals surface area contributed by atoms with Gasteiger partial charge in [-0.2, -0.15) is 0 Å². The van der Waals surface area contributed by atoms with E-state index in [2.05, 4.69) is 50.7 Å². The van der Waals surface area contributed by atoms with Crippen LogP contribution >= 0.6 is 0 Å². The van der Waals surface area contributed by atoms with Crippen molar-refractivity contribution in [3.05, 3.63) is 47.8 Å². The first-order valence-corrected chi connectivity index (χ1v) is 16.8. The minimum absolute atomic E-state index is 0.305. The molecule has 0 N–H and O–H groups in total. The van der Waals surface area contributed by atoms with Crippen LogP contribution in [-0.4, -0.2) is 28.5 Å². The summed E-state index contributed by atoms with van der Waals surface area (Å²) in [5.74, 6) is 3.27. The van der Waals surface area contributed by atoms with Gasteiger partial charge in [0.05, 0.1) is 13.0 Å². The zero-order chi connectivity index (χ0) is 19.0. The SMILES string of the molecule is Cc1ccc(S(=O)(=O)n2cc(C#C[Si](C)(C)C)c([Si](C)(C)C)c2)cc1. The van der Waals surface area contributed by atoms with Crippen LogP contribution in [0.5, 0.6) is 0 Å². The molecule has 1 heterocycles. The molecule has 134 valence electrons. The number of hydrogen-bond acceptors (Lipinski definition) is 2. The summed E-state index contributed by atoms with van der Waals surface area (Å²) in [6.45, 7) is 15.1. The van der Waals surface area contributed by atoms with Crippen LogP contribution in [0.1, 0.15) is 11.1 Å². The van der Waals surface area contributed by atoms with Gasteiger partial charge < -0.3 is 0 Å². The van der Waals surface area contributed by atoms with Gasteiger partial charge in [0.25, 0.3) is 10.0 Å². The largest absolute Gasteiger partial charge is 0.267 e. The molecule has 0 amide bonds. The molecule has 6 heteroatoms. The quantitative estimate of drug-likeness (QED) is 0.591. The van der Waals surface area contributed by atoms with E-state index in [-0.39, 0.29) is 0 Å². The van der Waals surface area contributed by atoms with Gasteiger partial charge in [-0.15, -0.1) is 5.54 Å². The fourth-order valence-electron chi connectivity index (χ4n) is 2.35. The molecule has 1 aromatic heterocycles. The average Bonchev–Trinajstić information content (AvgIpc) is 2.90. The summed E-state index contributed by atoms with van der Waals surface area (Å²) < 4.78 is 27.3. The topological polar surface area (TPSA) is 39.1 Å². The Morgan fingerprint density at radius 3 is 1.96 bits per heavy atom. The lowest BCUT2D eigenvalue weighted by molar-refractivity contribution is 0.587. The van der Waals surface area contributed by atoms with Gasteiger partial charge in [-0.05, 0) is 24.2 Å². The smallest absolute Gasteiger partial charge is 0.248 e. The maximum atomic E-state index is 13.0. The Labute approximate surface area is 154 Å². The first-order chi connectivity index (χ1) is 11.3. The Bertz CT molecular complexity index is 933. The molecule has 0 atom stereocenters. The highest BCUT2D eigenvalue weighted by Crippen LogP contribution is 2.17. The summed E-state index contributed by atoms with van der Waals surface area (Å²) >= 11 is 0. The monoisotopic (exact) mass is 389 g/mol. The molecule has 0 aliphatic carbocycles. The summed E-state index contributed by atoms with van der Waals surface area (Å²) in [5.41, 5.74) is 5.26. The fraction of sp³-hybridized carbons (Fsp3) is 0.368. The third kappa shape index (κ3) is 4.75. The normalized spacial score (nSPS) is 12.6. The van der Waals surface area contributed by atoms with E-state index in [4.69, 9.17) is 0 Å². The van der Waals surface area contributed by atoms with Gasteiger partial charge in [0.15, 0.2) is 0 Å². The molecule has 0 saturated carbocycles. The third-order valence-corrected chi connectivity index (χ3v) is 8.30. The predicted octanol–water partition coefficient (Wildman–Crippen LogP) is 3.81. The number of aromatic nitrogens is 1. The van der Waals surface area contributed by atoms with Gasteiger partial charge in [-0.1, -0.05) is 62.9 Å². The highest BCUT2D eigenvalue weighted by atomic mass is 32.2. The Morgan fingerprint density at radius 2 is 1.48 bits per heavy atom. The molecule has 3 nitrogen and oxygen atoms in total. The Hall–Kier alpha value is -1.56. The molecule has 1 aromatic carbocycles. The Morgan fingerprint density at radius 1 is 0.920 bits per heavy atom. The number of benzene rings is 1. The molecule has 0 saturated heterocycles. The summed E-state index contributed by atoms with van der Waals surface area (Å²) in [5, 5.41) is 1.09. The highest BCUT2D eigenvalue weighted by Gasteiger charge is 2.26. The zero-order valence-electron chi connectivity index (χ0n) is 16.1. The van der Waals surface area contributed by atoms with Crippen LogP contribution in [0.15, 0.2) is 41.6 Å². The third-order valence-electron chi connectivity index (χ3n) is 3.78. The second kappa shape index (κ2) is 6.63. The van der Waals surface area contributed by atoms with E-state index >= 15 is 0 Å². The molecule has 2 rings (SSSR count). The molecular formula is C19H27NO2SSi2. The second-order valence-corrected chi connectivity index (χ2v) is 20.1. The van der Waals surface area contributed by atoms with Gasteiger partial charge in [0, 0.05) is 18.0 Å². The van der Waals surface area contributed by atoms with Crippen molar-refractivity contribution < 1.29 is 8.42 Å². The van der Waals surface area contributed by atoms with Crippen molar-refractivity contribution in [1.82, 2.24) is 3.97 Å². The van der Waals surface area contributed by atoms with Crippen molar-refractivity contribution in [1.29, 1.82) is 0 Å². The molecule has 0 aliphatic heterocycles. The van der Waals surface area contributed by atoms with Crippen molar-refractivity contribution in [3.63, 3.8) is 0 Å². The van der Waals surface area contributed by atoms with Crippen LogP contribution in [0.3, 0.4) is 0 Å². The first kappa shape index (κ1) is 19.8. The standard InChI is InChI=1S/C19H27NO2SSi2/c1-16-8-10-18(11-9-16)23(21,22)20-14-17(12-13-24(2,3)4)19(15-20)25(5,6)7/h8-11,14-15H,1-7H3. The molecular weight excluding hydrogens is 362 g/mol. The van der Waals surface area contributed by atoms with Crippen molar-refractivity contribution in [2.24, 2.45) is 0 Å². The molecule has 0 unspecified atom stereocenters. The second-order valence-electron chi connectivity index (χ2n) is 8.48. The van der Waals surface area contributed by atoms with E-state index in [1.54, 1.807) is 24.5 Å². The maximum absolute atomic E-state index is 13.0. The summed E-state index contributed by atoms with van der Waals surface area (Å²) in [7, 11) is -6.84. The average molecular weight is 390 g/mol. The summed E-state index contributed by atoms with van der Waals surface area (Å²) in [4.78, 5) is 0.305. The molecule has 0 fully saturated rings. The van der Waals surface area contributed by atoms with Crippen molar-refractivity contribution in [3.8, 4) is 11.5 Å². The first-order valence-electron chi connectivity index (χ1n) is 8.39. The van der Waals surface area contributed by atoms with Crippen LogP contribution < -0.4 is 5.19 Å². The van der Waals surface area contributed by atoms with Crippen molar-refractivity contribution in [2.75, 3.05) is 0 Å². The molecule has 25 heavy (non-hydrogen) atoms. The van der Waals surface area contributed by atoms with Crippen molar-refractivity contribution >= 4 is 31.4 Å². The minimum Gasteiger partial charge on any atom is -0.248 e. The van der Waals surface area contributed by atoms with Crippen LogP contribution in [0.25, 0.3) is 0 Å². The summed E-state index contributed by atoms with van der Waals surface area (Å²) in [6, 6.07) is 6.96. The molecule has 0 bridgehead atoms. The number of nitrogens with zero attached hydrogens (tertiary/aromatic N) is 1. The van der Waals surface area contributed by atoms with Crippen LogP contribution in [0.2, 0.25) is 39.3 Å². The van der Waals surface area contributed by atoms with E-state index in [1.165, 1.54) is 3.97 Å². The van der Waals surface area contributed by atoms with Crippen LogP contribution in [0, 0.1) is 18.4 Å². The van der Waals surface area contributed by atoms with E-state index in [0.29, 0.717) is 4.90 Å². The molecule has 0 radical (unpaired) electrons. The lowest BCUT2D eigenvalue weighted by Crippen LogP contribution is -2.38. The van der Waals surface area contributed by atoms with Gasteiger partial charge >= 0.3 is 0 Å². The fourth-order valence-corrected chi connectivity index (χ4v) is 5.63. The van der Waals surface area contributed by atoms with Gasteiger partial charge in [0.2, 0.25) is 0 Å². The number of hydrogen-bond donors (Lipinski definition) is 0. The lowest BCUT2D eigenvalue weighted by Gasteiger charge is -2.15. The van der Waals surface area contributed by atoms with Crippen LogP contribution in [-0.2, 0) is 10.0 Å².